The van der Waals surface area contributed by atoms with Crippen LogP contribution in [0.3, 0.4) is 0 Å². The van der Waals surface area contributed by atoms with Crippen LogP contribution in [0.15, 0.2) is 54.7 Å². The Morgan fingerprint density at radius 3 is 2.44 bits per heavy atom. The number of halogens is 3. The minimum absolute atomic E-state index is 0.417. The zero-order chi connectivity index (χ0) is 19.7. The van der Waals surface area contributed by atoms with Crippen LogP contribution in [-0.4, -0.2) is 21.9 Å². The Bertz CT molecular complexity index is 916. The molecule has 0 aliphatic rings. The van der Waals surface area contributed by atoms with E-state index >= 15 is 0 Å². The molecule has 2 aromatic carbocycles. The van der Waals surface area contributed by atoms with Crippen LogP contribution in [0.1, 0.15) is 31.4 Å². The molecule has 0 bridgehead atoms. The molecule has 2 nitrogen and oxygen atoms in total. The highest BCUT2D eigenvalue weighted by molar-refractivity contribution is 5.81. The minimum Gasteiger partial charge on any atom is -0.380 e. The number of aromatic nitrogens is 1. The van der Waals surface area contributed by atoms with Crippen molar-refractivity contribution in [2.24, 2.45) is 0 Å². The molecule has 1 heterocycles. The van der Waals surface area contributed by atoms with Gasteiger partial charge in [0.25, 0.3) is 0 Å². The number of aliphatic hydroxyl groups is 1. The molecule has 140 valence electrons. The molecule has 3 rings (SSSR count). The summed E-state index contributed by atoms with van der Waals surface area (Å²) in [7, 11) is 0. The molecular formula is C22H20F3NO. The fourth-order valence-electron chi connectivity index (χ4n) is 3.46. The summed E-state index contributed by atoms with van der Waals surface area (Å²) in [4.78, 5) is 4.18. The number of hydrogen-bond donors (Lipinski definition) is 1. The molecule has 1 unspecified atom stereocenters. The van der Waals surface area contributed by atoms with Gasteiger partial charge in [0.05, 0.1) is 5.52 Å². The van der Waals surface area contributed by atoms with Gasteiger partial charge in [0.2, 0.25) is 0 Å². The van der Waals surface area contributed by atoms with Gasteiger partial charge < -0.3 is 5.11 Å². The highest BCUT2D eigenvalue weighted by Gasteiger charge is 2.55. The molecule has 0 aliphatic heterocycles. The highest BCUT2D eigenvalue weighted by atomic mass is 19.4. The smallest absolute Gasteiger partial charge is 0.380 e. The topological polar surface area (TPSA) is 33.1 Å². The molecule has 1 atom stereocenters. The van der Waals surface area contributed by atoms with Gasteiger partial charge in [0.1, 0.15) is 0 Å². The van der Waals surface area contributed by atoms with Crippen molar-refractivity contribution in [1.82, 2.24) is 4.98 Å². The van der Waals surface area contributed by atoms with E-state index in [1.807, 2.05) is 0 Å². The van der Waals surface area contributed by atoms with Crippen molar-refractivity contribution >= 4 is 10.9 Å². The number of rotatable bonds is 5. The first-order valence-electron chi connectivity index (χ1n) is 8.63. The number of para-hydroxylation sites is 1. The standard InChI is InChI=1S/C22H20F3NO/c1-20(2,17-8-4-3-5-9-17)15-21(27,22(23,24)25)14-16-12-13-26-19-11-7-6-10-18(16)19/h3-4,6-8,10-13,27H,14-15H2,1-2H3. The summed E-state index contributed by atoms with van der Waals surface area (Å²) in [5, 5.41) is 11.4. The second-order valence-corrected chi connectivity index (χ2v) is 7.46. The van der Waals surface area contributed by atoms with Crippen LogP contribution in [0.5, 0.6) is 0 Å². The molecule has 3 aromatic rings. The van der Waals surface area contributed by atoms with Gasteiger partial charge in [0.15, 0.2) is 5.60 Å². The van der Waals surface area contributed by atoms with Crippen molar-refractivity contribution in [2.75, 3.05) is 0 Å². The zero-order valence-corrected chi connectivity index (χ0v) is 15.1. The van der Waals surface area contributed by atoms with Crippen LogP contribution in [0.2, 0.25) is 0 Å². The van der Waals surface area contributed by atoms with Crippen molar-refractivity contribution in [3.05, 3.63) is 78.0 Å². The Morgan fingerprint density at radius 2 is 1.78 bits per heavy atom. The van der Waals surface area contributed by atoms with E-state index in [-0.39, 0.29) is 0 Å². The van der Waals surface area contributed by atoms with E-state index in [0.717, 1.165) is 0 Å². The van der Waals surface area contributed by atoms with Gasteiger partial charge in [-0.05, 0) is 36.2 Å². The molecule has 0 spiro atoms. The summed E-state index contributed by atoms with van der Waals surface area (Å²) in [6.07, 6.45) is -4.35. The Kier molecular flexibility index (Phi) is 4.88. The van der Waals surface area contributed by atoms with Gasteiger partial charge in [-0.2, -0.15) is 13.2 Å². The van der Waals surface area contributed by atoms with Gasteiger partial charge in [-0.3, -0.25) is 4.98 Å². The van der Waals surface area contributed by atoms with Crippen molar-refractivity contribution in [3.8, 4) is 0 Å². The number of hydrogen-bond acceptors (Lipinski definition) is 2. The summed E-state index contributed by atoms with van der Waals surface area (Å²) in [6, 6.07) is 19.2. The maximum absolute atomic E-state index is 14.0. The fourth-order valence-corrected chi connectivity index (χ4v) is 3.46. The molecule has 0 saturated heterocycles. The van der Waals surface area contributed by atoms with Gasteiger partial charge >= 0.3 is 6.18 Å². The molecule has 0 saturated carbocycles. The molecule has 0 fully saturated rings. The van der Waals surface area contributed by atoms with Gasteiger partial charge in [-0.25, -0.2) is 0 Å². The van der Waals surface area contributed by atoms with Crippen molar-refractivity contribution < 1.29 is 18.3 Å². The first kappa shape index (κ1) is 19.2. The van der Waals surface area contributed by atoms with E-state index in [2.05, 4.69) is 17.1 Å². The lowest BCUT2D eigenvalue weighted by Crippen LogP contribution is -2.50. The van der Waals surface area contributed by atoms with E-state index in [0.29, 0.717) is 22.0 Å². The second-order valence-electron chi connectivity index (χ2n) is 7.46. The van der Waals surface area contributed by atoms with E-state index < -0.39 is 30.0 Å². The summed E-state index contributed by atoms with van der Waals surface area (Å²) >= 11 is 0. The quantitative estimate of drug-likeness (QED) is 0.682. The van der Waals surface area contributed by atoms with Crippen LogP contribution in [0.25, 0.3) is 10.9 Å². The first-order chi connectivity index (χ1) is 12.6. The zero-order valence-electron chi connectivity index (χ0n) is 15.1. The Labute approximate surface area is 156 Å². The van der Waals surface area contributed by atoms with Crippen LogP contribution < -0.4 is 0 Å². The predicted molar refractivity (Wildman–Crippen MR) is 98.2 cm³/mol. The second kappa shape index (κ2) is 6.86. The number of alkyl halides is 3. The summed E-state index contributed by atoms with van der Waals surface area (Å²) in [5.41, 5.74) is -2.23. The normalized spacial score (nSPS) is 14.6. The SMILES string of the molecule is CC(C)(CC(O)(Cc1ccnc2ccccc12)C(F)(F)F)c1c#cccc1. The van der Waals surface area contributed by atoms with Crippen molar-refractivity contribution in [3.63, 3.8) is 0 Å². The number of nitrogens with zero attached hydrogens (tertiary/aromatic N) is 1. The van der Waals surface area contributed by atoms with Gasteiger partial charge in [-0.15, -0.1) is 0 Å². The monoisotopic (exact) mass is 371 g/mol. The number of pyridine rings is 1. The predicted octanol–water partition coefficient (Wildman–Crippen LogP) is 5.04. The Balaban J connectivity index is 2.01. The van der Waals surface area contributed by atoms with Crippen LogP contribution in [0.4, 0.5) is 13.2 Å². The molecule has 5 heteroatoms. The number of fused-ring (bicyclic) bond motifs is 1. The maximum Gasteiger partial charge on any atom is 0.417 e. The lowest BCUT2D eigenvalue weighted by atomic mass is 9.73. The average molecular weight is 371 g/mol. The maximum atomic E-state index is 14.0. The molecule has 1 N–H and O–H groups in total. The third kappa shape index (κ3) is 3.91. The molecule has 1 aromatic heterocycles. The minimum atomic E-state index is -4.78. The lowest BCUT2D eigenvalue weighted by Gasteiger charge is -2.37. The summed E-state index contributed by atoms with van der Waals surface area (Å²) in [6.45, 7) is 3.35. The van der Waals surface area contributed by atoms with E-state index in [1.54, 1.807) is 56.3 Å². The molecule has 27 heavy (non-hydrogen) atoms. The first-order valence-corrected chi connectivity index (χ1v) is 8.63. The van der Waals surface area contributed by atoms with Crippen molar-refractivity contribution in [2.45, 2.75) is 43.9 Å². The molecule has 0 radical (unpaired) electrons. The Morgan fingerprint density at radius 1 is 1.04 bits per heavy atom. The summed E-state index contributed by atoms with van der Waals surface area (Å²) in [5.74, 6) is 0. The fraction of sp³-hybridized carbons (Fsp3) is 0.318. The Hall–Kier alpha value is -2.58. The molecule has 0 aliphatic carbocycles. The van der Waals surface area contributed by atoms with E-state index in [1.165, 1.54) is 12.3 Å². The third-order valence-electron chi connectivity index (χ3n) is 4.86. The summed E-state index contributed by atoms with van der Waals surface area (Å²) < 4.78 is 41.9. The van der Waals surface area contributed by atoms with Gasteiger partial charge in [0, 0.05) is 29.0 Å². The molecular weight excluding hydrogens is 351 g/mol. The van der Waals surface area contributed by atoms with E-state index in [9.17, 15) is 18.3 Å². The van der Waals surface area contributed by atoms with Gasteiger partial charge in [-0.1, -0.05) is 50.2 Å². The molecule has 0 amide bonds. The van der Waals surface area contributed by atoms with Crippen LogP contribution >= 0.6 is 0 Å². The average Bonchev–Trinajstić information content (AvgIpc) is 2.61. The van der Waals surface area contributed by atoms with E-state index in [4.69, 9.17) is 0 Å². The van der Waals surface area contributed by atoms with Crippen LogP contribution in [-0.2, 0) is 11.8 Å². The highest BCUT2D eigenvalue weighted by Crippen LogP contribution is 2.43. The van der Waals surface area contributed by atoms with Crippen LogP contribution in [0, 0.1) is 12.1 Å². The number of benzene rings is 1. The van der Waals surface area contributed by atoms with Crippen molar-refractivity contribution in [1.29, 1.82) is 0 Å². The third-order valence-corrected chi connectivity index (χ3v) is 4.86. The largest absolute Gasteiger partial charge is 0.417 e. The lowest BCUT2D eigenvalue weighted by molar-refractivity contribution is -0.266.